The van der Waals surface area contributed by atoms with Crippen LogP contribution in [-0.2, 0) is 4.74 Å². The lowest BCUT2D eigenvalue weighted by Crippen LogP contribution is -2.29. The van der Waals surface area contributed by atoms with Crippen molar-refractivity contribution in [3.63, 3.8) is 0 Å². The Kier molecular flexibility index (Phi) is 4.90. The first-order chi connectivity index (χ1) is 10.3. The molecule has 122 valence electrons. The number of anilines is 1. The second-order valence-electron chi connectivity index (χ2n) is 5.52. The van der Waals surface area contributed by atoms with Crippen LogP contribution in [0.1, 0.15) is 40.9 Å². The van der Waals surface area contributed by atoms with E-state index in [4.69, 9.17) is 16.3 Å². The molecule has 2 heterocycles. The van der Waals surface area contributed by atoms with E-state index in [0.29, 0.717) is 35.1 Å². The molecule has 0 spiro atoms. The van der Waals surface area contributed by atoms with Crippen LogP contribution in [0.2, 0.25) is 5.02 Å². The minimum absolute atomic E-state index is 0.143. The largest absolute Gasteiger partial charge is 0.465 e. The number of esters is 1. The fraction of sp³-hybridized carbons (Fsp3) is 0.600. The molecule has 0 unspecified atom stereocenters. The Bertz CT molecular complexity index is 593. The lowest BCUT2D eigenvalue weighted by atomic mass is 10.1. The van der Waals surface area contributed by atoms with E-state index in [-0.39, 0.29) is 24.9 Å². The summed E-state index contributed by atoms with van der Waals surface area (Å²) in [7, 11) is 1.27. The van der Waals surface area contributed by atoms with Gasteiger partial charge in [-0.1, -0.05) is 11.6 Å². The summed E-state index contributed by atoms with van der Waals surface area (Å²) in [4.78, 5) is 18.2. The highest BCUT2D eigenvalue weighted by Crippen LogP contribution is 2.34. The molecular weight excluding hydrogens is 314 g/mol. The molecule has 1 aromatic heterocycles. The highest BCUT2D eigenvalue weighted by atomic mass is 35.5. The Morgan fingerprint density at radius 2 is 2.00 bits per heavy atom. The summed E-state index contributed by atoms with van der Waals surface area (Å²) in [6.45, 7) is 4.00. The first-order valence-electron chi connectivity index (χ1n) is 7.14. The normalized spacial score (nSPS) is 18.0. The maximum Gasteiger partial charge on any atom is 0.341 e. The van der Waals surface area contributed by atoms with Crippen LogP contribution in [0.4, 0.5) is 14.6 Å². The number of carbonyl (C=O) groups is 1. The van der Waals surface area contributed by atoms with E-state index in [1.165, 1.54) is 7.11 Å². The zero-order valence-corrected chi connectivity index (χ0v) is 13.6. The summed E-state index contributed by atoms with van der Waals surface area (Å²) in [5, 5.41) is 0.393. The van der Waals surface area contributed by atoms with Crippen molar-refractivity contribution in [2.45, 2.75) is 39.0 Å². The molecule has 0 N–H and O–H groups in total. The van der Waals surface area contributed by atoms with Crippen LogP contribution in [0.25, 0.3) is 0 Å². The summed E-state index contributed by atoms with van der Waals surface area (Å²) in [6, 6.07) is 0. The molecule has 0 bridgehead atoms. The van der Waals surface area contributed by atoms with Crippen LogP contribution in [0.5, 0.6) is 0 Å². The minimum Gasteiger partial charge on any atom is -0.465 e. The molecule has 1 saturated heterocycles. The summed E-state index contributed by atoms with van der Waals surface area (Å²) < 4.78 is 31.9. The van der Waals surface area contributed by atoms with Gasteiger partial charge in [-0.05, 0) is 25.8 Å². The highest BCUT2D eigenvalue weighted by Gasteiger charge is 2.33. The van der Waals surface area contributed by atoms with Gasteiger partial charge >= 0.3 is 5.97 Å². The van der Waals surface area contributed by atoms with Crippen LogP contribution in [-0.4, -0.2) is 37.1 Å². The molecule has 2 rings (SSSR count). The maximum absolute atomic E-state index is 13.5. The quantitative estimate of drug-likeness (QED) is 0.773. The van der Waals surface area contributed by atoms with Crippen LogP contribution >= 0.6 is 11.6 Å². The smallest absolute Gasteiger partial charge is 0.341 e. The Morgan fingerprint density at radius 1 is 1.32 bits per heavy atom. The number of aromatic nitrogens is 1. The van der Waals surface area contributed by atoms with Crippen molar-refractivity contribution >= 4 is 23.4 Å². The van der Waals surface area contributed by atoms with Crippen molar-refractivity contribution in [2.75, 3.05) is 25.1 Å². The third kappa shape index (κ3) is 3.32. The number of halogens is 3. The van der Waals surface area contributed by atoms with Crippen molar-refractivity contribution in [1.82, 2.24) is 4.98 Å². The summed E-state index contributed by atoms with van der Waals surface area (Å²) in [5.41, 5.74) is 1.38. The SMILES string of the molecule is COC(=O)c1c(N2CCCC(F)(F)CC2)nc(C)c(Cl)c1C. The molecule has 1 fully saturated rings. The van der Waals surface area contributed by atoms with E-state index in [9.17, 15) is 13.6 Å². The predicted molar refractivity (Wildman–Crippen MR) is 81.1 cm³/mol. The first-order valence-corrected chi connectivity index (χ1v) is 7.52. The topological polar surface area (TPSA) is 42.4 Å². The van der Waals surface area contributed by atoms with Gasteiger partial charge in [0.25, 0.3) is 0 Å². The number of pyridine rings is 1. The summed E-state index contributed by atoms with van der Waals surface area (Å²) >= 11 is 6.16. The molecule has 0 aliphatic carbocycles. The number of hydrogen-bond acceptors (Lipinski definition) is 4. The molecule has 1 aromatic rings. The van der Waals surface area contributed by atoms with E-state index in [1.807, 2.05) is 0 Å². The Morgan fingerprint density at radius 3 is 2.64 bits per heavy atom. The Balaban J connectivity index is 2.47. The third-order valence-electron chi connectivity index (χ3n) is 3.93. The van der Waals surface area contributed by atoms with Crippen molar-refractivity contribution in [1.29, 1.82) is 0 Å². The van der Waals surface area contributed by atoms with Gasteiger partial charge in [0.15, 0.2) is 0 Å². The molecule has 0 atom stereocenters. The molecule has 0 radical (unpaired) electrons. The fourth-order valence-electron chi connectivity index (χ4n) is 2.66. The lowest BCUT2D eigenvalue weighted by molar-refractivity contribution is -0.0102. The van der Waals surface area contributed by atoms with Crippen molar-refractivity contribution in [2.24, 2.45) is 0 Å². The lowest BCUT2D eigenvalue weighted by Gasteiger charge is -2.25. The van der Waals surface area contributed by atoms with Gasteiger partial charge in [-0.3, -0.25) is 0 Å². The fourth-order valence-corrected chi connectivity index (χ4v) is 2.80. The Hall–Kier alpha value is -1.43. The predicted octanol–water partition coefficient (Wildman–Crippen LogP) is 3.76. The molecule has 0 amide bonds. The third-order valence-corrected chi connectivity index (χ3v) is 4.48. The average Bonchev–Trinajstić information content (AvgIpc) is 2.64. The van der Waals surface area contributed by atoms with Gasteiger partial charge in [-0.25, -0.2) is 18.6 Å². The zero-order chi connectivity index (χ0) is 16.5. The summed E-state index contributed by atoms with van der Waals surface area (Å²) in [5.74, 6) is -2.85. The van der Waals surface area contributed by atoms with Crippen molar-refractivity contribution in [3.8, 4) is 0 Å². The van der Waals surface area contributed by atoms with Gasteiger partial charge in [0.1, 0.15) is 11.4 Å². The number of carbonyl (C=O) groups excluding carboxylic acids is 1. The molecule has 22 heavy (non-hydrogen) atoms. The number of hydrogen-bond donors (Lipinski definition) is 0. The number of rotatable bonds is 2. The van der Waals surface area contributed by atoms with Crippen LogP contribution in [0.3, 0.4) is 0 Å². The zero-order valence-electron chi connectivity index (χ0n) is 12.9. The van der Waals surface area contributed by atoms with Crippen molar-refractivity contribution < 1.29 is 18.3 Å². The number of alkyl halides is 2. The van der Waals surface area contributed by atoms with E-state index in [2.05, 4.69) is 4.98 Å². The molecule has 0 aromatic carbocycles. The molecular formula is C15H19ClF2N2O2. The van der Waals surface area contributed by atoms with Gasteiger partial charge in [0.2, 0.25) is 5.92 Å². The Labute approximate surface area is 133 Å². The van der Waals surface area contributed by atoms with Gasteiger partial charge < -0.3 is 9.64 Å². The van der Waals surface area contributed by atoms with E-state index < -0.39 is 11.9 Å². The number of aryl methyl sites for hydroxylation is 1. The number of methoxy groups -OCH3 is 1. The standard InChI is InChI=1S/C15H19ClF2N2O2/c1-9-11(14(21)22-3)13(19-10(2)12(9)16)20-7-4-5-15(17,18)6-8-20/h4-8H2,1-3H3. The molecule has 7 heteroatoms. The van der Waals surface area contributed by atoms with Gasteiger partial charge in [-0.2, -0.15) is 0 Å². The van der Waals surface area contributed by atoms with Crippen LogP contribution in [0, 0.1) is 13.8 Å². The van der Waals surface area contributed by atoms with E-state index >= 15 is 0 Å². The monoisotopic (exact) mass is 332 g/mol. The average molecular weight is 333 g/mol. The van der Waals surface area contributed by atoms with Crippen molar-refractivity contribution in [3.05, 3.63) is 21.8 Å². The van der Waals surface area contributed by atoms with Crippen LogP contribution in [0.15, 0.2) is 0 Å². The molecule has 0 saturated carbocycles. The van der Waals surface area contributed by atoms with Gasteiger partial charge in [0.05, 0.1) is 17.8 Å². The highest BCUT2D eigenvalue weighted by molar-refractivity contribution is 6.32. The van der Waals surface area contributed by atoms with Gasteiger partial charge in [0, 0.05) is 25.9 Å². The van der Waals surface area contributed by atoms with E-state index in [0.717, 1.165) is 0 Å². The molecule has 1 aliphatic heterocycles. The maximum atomic E-state index is 13.5. The summed E-state index contributed by atoms with van der Waals surface area (Å²) in [6.07, 6.45) is -0.0609. The second kappa shape index (κ2) is 6.36. The minimum atomic E-state index is -2.67. The van der Waals surface area contributed by atoms with E-state index in [1.54, 1.807) is 18.7 Å². The van der Waals surface area contributed by atoms with Crippen LogP contribution < -0.4 is 4.90 Å². The molecule has 4 nitrogen and oxygen atoms in total. The second-order valence-corrected chi connectivity index (χ2v) is 5.90. The molecule has 1 aliphatic rings. The van der Waals surface area contributed by atoms with Gasteiger partial charge in [-0.15, -0.1) is 0 Å². The number of ether oxygens (including phenoxy) is 1. The number of nitrogens with zero attached hydrogens (tertiary/aromatic N) is 2. The first kappa shape index (κ1) is 16.9.